The number of hydrogen-bond acceptors (Lipinski definition) is 4. The van der Waals surface area contributed by atoms with E-state index in [-0.39, 0.29) is 11.1 Å². The van der Waals surface area contributed by atoms with Gasteiger partial charge in [-0.1, -0.05) is 36.4 Å². The van der Waals surface area contributed by atoms with E-state index in [9.17, 15) is 14.4 Å². The Hall–Kier alpha value is -4.70. The molecule has 32 heavy (non-hydrogen) atoms. The lowest BCUT2D eigenvalue weighted by Crippen LogP contribution is -2.23. The van der Waals surface area contributed by atoms with Crippen molar-refractivity contribution in [2.75, 3.05) is 5.32 Å². The van der Waals surface area contributed by atoms with Crippen molar-refractivity contribution < 1.29 is 14.4 Å². The molecule has 0 aliphatic rings. The molecule has 1 aromatic heterocycles. The van der Waals surface area contributed by atoms with Crippen molar-refractivity contribution in [3.8, 4) is 6.07 Å². The molecule has 0 aliphatic carbocycles. The Morgan fingerprint density at radius 3 is 2.44 bits per heavy atom. The number of hydrogen-bond donors (Lipinski definition) is 2. The topological polar surface area (TPSA) is 118 Å². The first-order chi connectivity index (χ1) is 15.5. The molecule has 0 radical (unpaired) electrons. The molecule has 3 aromatic carbocycles. The third kappa shape index (κ3) is 4.11. The number of rotatable bonds is 6. The molecular formula is C25H18N4O3. The van der Waals surface area contributed by atoms with Crippen molar-refractivity contribution in [3.63, 3.8) is 0 Å². The number of primary amides is 1. The van der Waals surface area contributed by atoms with Gasteiger partial charge in [0.15, 0.2) is 0 Å². The highest BCUT2D eigenvalue weighted by molar-refractivity contribution is 6.48. The highest BCUT2D eigenvalue weighted by atomic mass is 16.2. The fourth-order valence-electron chi connectivity index (χ4n) is 3.50. The summed E-state index contributed by atoms with van der Waals surface area (Å²) in [7, 11) is 0. The summed E-state index contributed by atoms with van der Waals surface area (Å²) in [5.41, 5.74) is 8.42. The first kappa shape index (κ1) is 20.6. The molecule has 0 fully saturated rings. The van der Waals surface area contributed by atoms with Crippen LogP contribution < -0.4 is 11.1 Å². The number of nitrogens with two attached hydrogens (primary N) is 1. The smallest absolute Gasteiger partial charge is 0.296 e. The van der Waals surface area contributed by atoms with Gasteiger partial charge in [-0.2, -0.15) is 5.26 Å². The Bertz CT molecular complexity index is 1390. The van der Waals surface area contributed by atoms with Crippen LogP contribution in [0.1, 0.15) is 31.8 Å². The minimum atomic E-state index is -0.812. The van der Waals surface area contributed by atoms with Crippen molar-refractivity contribution in [3.05, 3.63) is 101 Å². The van der Waals surface area contributed by atoms with Crippen LogP contribution in [0.3, 0.4) is 0 Å². The number of nitrogens with one attached hydrogen (secondary N) is 1. The summed E-state index contributed by atoms with van der Waals surface area (Å²) in [5.74, 6) is -2.13. The fourth-order valence-corrected chi connectivity index (χ4v) is 3.50. The molecular weight excluding hydrogens is 404 g/mol. The SMILES string of the molecule is N#Cc1ccc(Cn2cc(C(=O)C(=O)Nc3cccc(C(N)=O)c3)c3ccccc32)cc1. The number of nitrogens with zero attached hydrogens (tertiary/aromatic N) is 2. The zero-order valence-electron chi connectivity index (χ0n) is 16.9. The predicted octanol–water partition coefficient (Wildman–Crippen LogP) is 3.48. The van der Waals surface area contributed by atoms with Crippen LogP contribution in [0.2, 0.25) is 0 Å². The average molecular weight is 422 g/mol. The predicted molar refractivity (Wildman–Crippen MR) is 120 cm³/mol. The molecule has 0 aliphatic heterocycles. The number of nitriles is 1. The number of carbonyl (C=O) groups is 3. The molecule has 7 heteroatoms. The molecule has 4 aromatic rings. The summed E-state index contributed by atoms with van der Waals surface area (Å²) in [5, 5.41) is 12.2. The van der Waals surface area contributed by atoms with Crippen LogP contribution >= 0.6 is 0 Å². The lowest BCUT2D eigenvalue weighted by Gasteiger charge is -2.06. The van der Waals surface area contributed by atoms with E-state index < -0.39 is 17.6 Å². The van der Waals surface area contributed by atoms with Crippen LogP contribution in [0.15, 0.2) is 79.0 Å². The molecule has 7 nitrogen and oxygen atoms in total. The van der Waals surface area contributed by atoms with Gasteiger partial charge in [-0.3, -0.25) is 14.4 Å². The fraction of sp³-hybridized carbons (Fsp3) is 0.0400. The molecule has 1 heterocycles. The van der Waals surface area contributed by atoms with Gasteiger partial charge in [-0.25, -0.2) is 0 Å². The van der Waals surface area contributed by atoms with E-state index in [1.165, 1.54) is 12.1 Å². The van der Waals surface area contributed by atoms with Crippen molar-refractivity contribution in [2.45, 2.75) is 6.54 Å². The lowest BCUT2D eigenvalue weighted by atomic mass is 10.1. The number of aromatic nitrogens is 1. The number of ketones is 1. The van der Waals surface area contributed by atoms with E-state index in [1.54, 1.807) is 42.6 Å². The largest absolute Gasteiger partial charge is 0.366 e. The van der Waals surface area contributed by atoms with E-state index in [0.29, 0.717) is 23.2 Å². The van der Waals surface area contributed by atoms with Crippen LogP contribution in [0, 0.1) is 11.3 Å². The summed E-state index contributed by atoms with van der Waals surface area (Å²) in [6.07, 6.45) is 1.66. The highest BCUT2D eigenvalue weighted by Gasteiger charge is 2.22. The Morgan fingerprint density at radius 2 is 1.72 bits per heavy atom. The maximum Gasteiger partial charge on any atom is 0.296 e. The summed E-state index contributed by atoms with van der Waals surface area (Å²) < 4.78 is 1.89. The standard InChI is InChI=1S/C25H18N4O3/c26-13-16-8-10-17(11-9-16)14-29-15-21(20-6-1-2-7-22(20)29)23(30)25(32)28-19-5-3-4-18(12-19)24(27)31/h1-12,15H,14H2,(H2,27,31)(H,28,32). The summed E-state index contributed by atoms with van der Waals surface area (Å²) in [6, 6.07) is 22.7. The van der Waals surface area contributed by atoms with Crippen molar-refractivity contribution >= 4 is 34.2 Å². The average Bonchev–Trinajstić information content (AvgIpc) is 3.17. The number of para-hydroxylation sites is 1. The number of Topliss-reactive ketones (excluding diaryl/α,β-unsaturated/α-hetero) is 1. The van der Waals surface area contributed by atoms with E-state index in [0.717, 1.165) is 11.1 Å². The van der Waals surface area contributed by atoms with Crippen molar-refractivity contribution in [1.29, 1.82) is 5.26 Å². The summed E-state index contributed by atoms with van der Waals surface area (Å²) in [6.45, 7) is 0.474. The zero-order valence-corrected chi connectivity index (χ0v) is 16.9. The van der Waals surface area contributed by atoms with Crippen LogP contribution in [-0.4, -0.2) is 22.2 Å². The van der Waals surface area contributed by atoms with Crippen LogP contribution in [-0.2, 0) is 11.3 Å². The molecule has 0 atom stereocenters. The Balaban J connectivity index is 1.63. The second-order valence-electron chi connectivity index (χ2n) is 7.22. The summed E-state index contributed by atoms with van der Waals surface area (Å²) in [4.78, 5) is 37.0. The first-order valence-electron chi connectivity index (χ1n) is 9.79. The van der Waals surface area contributed by atoms with Gasteiger partial charge in [0.25, 0.3) is 11.7 Å². The molecule has 156 valence electrons. The second-order valence-corrected chi connectivity index (χ2v) is 7.22. The van der Waals surface area contributed by atoms with Gasteiger partial charge in [-0.05, 0) is 42.0 Å². The minimum Gasteiger partial charge on any atom is -0.366 e. The van der Waals surface area contributed by atoms with E-state index in [4.69, 9.17) is 11.0 Å². The number of benzene rings is 3. The number of anilines is 1. The van der Waals surface area contributed by atoms with Gasteiger partial charge in [0, 0.05) is 34.9 Å². The lowest BCUT2D eigenvalue weighted by molar-refractivity contribution is -0.112. The van der Waals surface area contributed by atoms with Gasteiger partial charge in [0.05, 0.1) is 17.2 Å². The number of amides is 2. The van der Waals surface area contributed by atoms with Gasteiger partial charge in [-0.15, -0.1) is 0 Å². The maximum absolute atomic E-state index is 13.0. The molecule has 0 unspecified atom stereocenters. The number of carbonyl (C=O) groups excluding carboxylic acids is 3. The van der Waals surface area contributed by atoms with Gasteiger partial charge in [0.1, 0.15) is 0 Å². The molecule has 0 bridgehead atoms. The van der Waals surface area contributed by atoms with E-state index in [2.05, 4.69) is 11.4 Å². The van der Waals surface area contributed by atoms with Crippen LogP contribution in [0.25, 0.3) is 10.9 Å². The molecule has 3 N–H and O–H groups in total. The van der Waals surface area contributed by atoms with Gasteiger partial charge in [0.2, 0.25) is 5.91 Å². The Kier molecular flexibility index (Phi) is 5.51. The first-order valence-corrected chi connectivity index (χ1v) is 9.79. The summed E-state index contributed by atoms with van der Waals surface area (Å²) >= 11 is 0. The highest BCUT2D eigenvalue weighted by Crippen LogP contribution is 2.24. The van der Waals surface area contributed by atoms with Crippen molar-refractivity contribution in [1.82, 2.24) is 4.57 Å². The van der Waals surface area contributed by atoms with E-state index >= 15 is 0 Å². The molecule has 4 rings (SSSR count). The normalized spacial score (nSPS) is 10.5. The monoisotopic (exact) mass is 422 g/mol. The minimum absolute atomic E-state index is 0.231. The Morgan fingerprint density at radius 1 is 0.969 bits per heavy atom. The zero-order chi connectivity index (χ0) is 22.7. The third-order valence-corrected chi connectivity index (χ3v) is 5.08. The maximum atomic E-state index is 13.0. The molecule has 0 saturated heterocycles. The molecule has 2 amide bonds. The molecule has 0 spiro atoms. The second kappa shape index (κ2) is 8.58. The van der Waals surface area contributed by atoms with Crippen LogP contribution in [0.4, 0.5) is 5.69 Å². The van der Waals surface area contributed by atoms with Crippen molar-refractivity contribution in [2.24, 2.45) is 5.73 Å². The van der Waals surface area contributed by atoms with Crippen LogP contribution in [0.5, 0.6) is 0 Å². The Labute approximate surface area is 183 Å². The number of fused-ring (bicyclic) bond motifs is 1. The quantitative estimate of drug-likeness (QED) is 0.365. The van der Waals surface area contributed by atoms with E-state index in [1.807, 2.05) is 28.8 Å². The van der Waals surface area contributed by atoms with Gasteiger partial charge < -0.3 is 15.6 Å². The van der Waals surface area contributed by atoms with Gasteiger partial charge >= 0.3 is 0 Å². The third-order valence-electron chi connectivity index (χ3n) is 5.08. The molecule has 0 saturated carbocycles.